The quantitative estimate of drug-likeness (QED) is 0.796. The van der Waals surface area contributed by atoms with Crippen molar-refractivity contribution in [3.05, 3.63) is 46.6 Å². The van der Waals surface area contributed by atoms with Crippen LogP contribution >= 0.6 is 0 Å². The number of anilines is 1. The maximum Gasteiger partial charge on any atom is 0.319 e. The van der Waals surface area contributed by atoms with Gasteiger partial charge in [0, 0.05) is 18.0 Å². The molecular weight excluding hydrogens is 342 g/mol. The molecule has 0 aliphatic heterocycles. The number of carbonyl (C=O) groups excluding carboxylic acids is 1. The second-order valence-corrected chi connectivity index (χ2v) is 7.07. The SMILES string of the molecule is COc1ccc(C(NC(=O)Nc2c(C)cc(OC)c(C)c2C)C2CC2)cn1. The van der Waals surface area contributed by atoms with Crippen LogP contribution < -0.4 is 20.1 Å². The topological polar surface area (TPSA) is 72.5 Å². The van der Waals surface area contributed by atoms with Gasteiger partial charge in [-0.1, -0.05) is 6.07 Å². The summed E-state index contributed by atoms with van der Waals surface area (Å²) >= 11 is 0. The second kappa shape index (κ2) is 7.86. The molecule has 1 fully saturated rings. The Morgan fingerprint density at radius 1 is 1.15 bits per heavy atom. The second-order valence-electron chi connectivity index (χ2n) is 7.07. The van der Waals surface area contributed by atoms with Crippen LogP contribution in [0, 0.1) is 26.7 Å². The van der Waals surface area contributed by atoms with Crippen LogP contribution in [0.25, 0.3) is 0 Å². The molecule has 1 aliphatic rings. The third-order valence-electron chi connectivity index (χ3n) is 5.21. The van der Waals surface area contributed by atoms with Crippen LogP contribution in [0.5, 0.6) is 11.6 Å². The van der Waals surface area contributed by atoms with Crippen LogP contribution in [0.1, 0.15) is 41.1 Å². The molecule has 1 atom stereocenters. The predicted octanol–water partition coefficient (Wildman–Crippen LogP) is 4.30. The number of urea groups is 1. The van der Waals surface area contributed by atoms with E-state index in [0.29, 0.717) is 11.8 Å². The summed E-state index contributed by atoms with van der Waals surface area (Å²) in [5, 5.41) is 6.15. The Morgan fingerprint density at radius 2 is 1.89 bits per heavy atom. The number of amides is 2. The number of hydrogen-bond acceptors (Lipinski definition) is 4. The van der Waals surface area contributed by atoms with Crippen molar-refractivity contribution in [3.8, 4) is 11.6 Å². The molecule has 3 rings (SSSR count). The number of nitrogens with zero attached hydrogens (tertiary/aromatic N) is 1. The summed E-state index contributed by atoms with van der Waals surface area (Å²) in [7, 11) is 3.25. The summed E-state index contributed by atoms with van der Waals surface area (Å²) < 4.78 is 10.5. The van der Waals surface area contributed by atoms with E-state index in [1.54, 1.807) is 20.4 Å². The van der Waals surface area contributed by atoms with E-state index in [4.69, 9.17) is 9.47 Å². The lowest BCUT2D eigenvalue weighted by Gasteiger charge is -2.21. The van der Waals surface area contributed by atoms with Gasteiger partial charge in [-0.15, -0.1) is 0 Å². The van der Waals surface area contributed by atoms with Crippen LogP contribution in [-0.2, 0) is 0 Å². The molecule has 0 bridgehead atoms. The van der Waals surface area contributed by atoms with Crippen molar-refractivity contribution in [2.24, 2.45) is 5.92 Å². The van der Waals surface area contributed by atoms with Crippen molar-refractivity contribution in [2.75, 3.05) is 19.5 Å². The van der Waals surface area contributed by atoms with E-state index >= 15 is 0 Å². The number of rotatable bonds is 6. The molecule has 2 N–H and O–H groups in total. The molecule has 144 valence electrons. The molecule has 27 heavy (non-hydrogen) atoms. The summed E-state index contributed by atoms with van der Waals surface area (Å²) in [5.74, 6) is 1.85. The van der Waals surface area contributed by atoms with E-state index in [1.807, 2.05) is 39.0 Å². The van der Waals surface area contributed by atoms with Crippen LogP contribution in [-0.4, -0.2) is 25.2 Å². The Morgan fingerprint density at radius 3 is 2.44 bits per heavy atom. The number of carbonyl (C=O) groups is 1. The van der Waals surface area contributed by atoms with Crippen molar-refractivity contribution in [1.29, 1.82) is 0 Å². The molecule has 6 nitrogen and oxygen atoms in total. The van der Waals surface area contributed by atoms with Gasteiger partial charge < -0.3 is 20.1 Å². The predicted molar refractivity (Wildman–Crippen MR) is 106 cm³/mol. The Kier molecular flexibility index (Phi) is 5.54. The van der Waals surface area contributed by atoms with E-state index in [2.05, 4.69) is 15.6 Å². The number of aromatic nitrogens is 1. The first-order valence-electron chi connectivity index (χ1n) is 9.16. The number of methoxy groups -OCH3 is 2. The van der Waals surface area contributed by atoms with Gasteiger partial charge >= 0.3 is 6.03 Å². The number of hydrogen-bond donors (Lipinski definition) is 2. The molecule has 1 heterocycles. The fraction of sp³-hybridized carbons (Fsp3) is 0.429. The Hall–Kier alpha value is -2.76. The van der Waals surface area contributed by atoms with Crippen LogP contribution in [0.3, 0.4) is 0 Å². The molecule has 2 amide bonds. The summed E-state index contributed by atoms with van der Waals surface area (Å²) in [6.45, 7) is 5.95. The summed E-state index contributed by atoms with van der Waals surface area (Å²) in [4.78, 5) is 17.0. The lowest BCUT2D eigenvalue weighted by Crippen LogP contribution is -2.34. The fourth-order valence-electron chi connectivity index (χ4n) is 3.34. The zero-order valence-corrected chi connectivity index (χ0v) is 16.6. The first-order valence-corrected chi connectivity index (χ1v) is 9.16. The zero-order valence-electron chi connectivity index (χ0n) is 16.6. The van der Waals surface area contributed by atoms with Gasteiger partial charge in [-0.25, -0.2) is 9.78 Å². The third kappa shape index (κ3) is 4.15. The van der Waals surface area contributed by atoms with Gasteiger partial charge in [-0.2, -0.15) is 0 Å². The van der Waals surface area contributed by atoms with Crippen molar-refractivity contribution < 1.29 is 14.3 Å². The fourth-order valence-corrected chi connectivity index (χ4v) is 3.34. The minimum atomic E-state index is -0.210. The maximum atomic E-state index is 12.7. The Balaban J connectivity index is 1.76. The van der Waals surface area contributed by atoms with E-state index < -0.39 is 0 Å². The van der Waals surface area contributed by atoms with Gasteiger partial charge in [0.25, 0.3) is 0 Å². The van der Waals surface area contributed by atoms with Crippen LogP contribution in [0.15, 0.2) is 24.4 Å². The van der Waals surface area contributed by atoms with Crippen LogP contribution in [0.2, 0.25) is 0 Å². The average molecular weight is 369 g/mol. The van der Waals surface area contributed by atoms with E-state index in [-0.39, 0.29) is 12.1 Å². The molecule has 1 unspecified atom stereocenters. The average Bonchev–Trinajstić information content (AvgIpc) is 3.51. The first kappa shape index (κ1) is 19.0. The van der Waals surface area contributed by atoms with Gasteiger partial charge in [-0.05, 0) is 67.9 Å². The van der Waals surface area contributed by atoms with Gasteiger partial charge in [-0.3, -0.25) is 0 Å². The summed E-state index contributed by atoms with van der Waals surface area (Å²) in [6.07, 6.45) is 3.99. The van der Waals surface area contributed by atoms with E-state index in [9.17, 15) is 4.79 Å². The minimum Gasteiger partial charge on any atom is -0.496 e. The van der Waals surface area contributed by atoms with E-state index in [1.165, 1.54) is 0 Å². The highest BCUT2D eigenvalue weighted by Gasteiger charge is 2.34. The lowest BCUT2D eigenvalue weighted by molar-refractivity contribution is 0.247. The Bertz CT molecular complexity index is 830. The van der Waals surface area contributed by atoms with Gasteiger partial charge in [0.2, 0.25) is 5.88 Å². The molecule has 1 aromatic heterocycles. The number of aryl methyl sites for hydroxylation is 1. The number of pyridine rings is 1. The Labute approximate surface area is 160 Å². The molecular formula is C21H27N3O3. The minimum absolute atomic E-state index is 0.0524. The van der Waals surface area contributed by atoms with Crippen molar-refractivity contribution in [1.82, 2.24) is 10.3 Å². The molecule has 1 aromatic carbocycles. The van der Waals surface area contributed by atoms with Gasteiger partial charge in [0.15, 0.2) is 0 Å². The van der Waals surface area contributed by atoms with Crippen molar-refractivity contribution in [3.63, 3.8) is 0 Å². The number of ether oxygens (including phenoxy) is 2. The molecule has 0 spiro atoms. The maximum absolute atomic E-state index is 12.7. The van der Waals surface area contributed by atoms with E-state index in [0.717, 1.165) is 46.5 Å². The molecule has 6 heteroatoms. The van der Waals surface area contributed by atoms with Gasteiger partial charge in [0.1, 0.15) is 5.75 Å². The molecule has 0 radical (unpaired) electrons. The lowest BCUT2D eigenvalue weighted by atomic mass is 10.0. The highest BCUT2D eigenvalue weighted by atomic mass is 16.5. The molecule has 2 aromatic rings. The highest BCUT2D eigenvalue weighted by Crippen LogP contribution is 2.41. The first-order chi connectivity index (χ1) is 12.9. The monoisotopic (exact) mass is 369 g/mol. The zero-order chi connectivity index (χ0) is 19.6. The van der Waals surface area contributed by atoms with Crippen molar-refractivity contribution in [2.45, 2.75) is 39.7 Å². The number of nitrogens with one attached hydrogen (secondary N) is 2. The smallest absolute Gasteiger partial charge is 0.319 e. The summed E-state index contributed by atoms with van der Waals surface area (Å²) in [6, 6.07) is 5.47. The largest absolute Gasteiger partial charge is 0.496 e. The normalized spacial score (nSPS) is 14.4. The highest BCUT2D eigenvalue weighted by molar-refractivity contribution is 5.91. The van der Waals surface area contributed by atoms with Gasteiger partial charge in [0.05, 0.1) is 20.3 Å². The standard InChI is InChI=1S/C21H27N3O3/c1-12-10-17(26-4)13(2)14(3)19(12)23-21(25)24-20(15-6-7-15)16-8-9-18(27-5)22-11-16/h8-11,15,20H,6-7H2,1-5H3,(H2,23,24,25). The molecule has 1 saturated carbocycles. The third-order valence-corrected chi connectivity index (χ3v) is 5.21. The molecule has 1 aliphatic carbocycles. The molecule has 0 saturated heterocycles. The van der Waals surface area contributed by atoms with Crippen molar-refractivity contribution >= 4 is 11.7 Å². The van der Waals surface area contributed by atoms with Crippen LogP contribution in [0.4, 0.5) is 10.5 Å². The summed E-state index contributed by atoms with van der Waals surface area (Å²) in [5.41, 5.74) is 4.83. The number of benzene rings is 1.